The molecule has 1 aliphatic rings. The lowest BCUT2D eigenvalue weighted by molar-refractivity contribution is 0.0600. The summed E-state index contributed by atoms with van der Waals surface area (Å²) in [5.41, 5.74) is 1.65. The van der Waals surface area contributed by atoms with Crippen LogP contribution in [0.1, 0.15) is 20.7 Å². The van der Waals surface area contributed by atoms with Gasteiger partial charge < -0.3 is 18.8 Å². The first kappa shape index (κ1) is 18.9. The summed E-state index contributed by atoms with van der Waals surface area (Å²) in [7, 11) is 1.31. The maximum atomic E-state index is 12.7. The minimum atomic E-state index is -0.456. The summed E-state index contributed by atoms with van der Waals surface area (Å²) < 4.78 is 18.8. The fourth-order valence-electron chi connectivity index (χ4n) is 3.02. The molecule has 2 heterocycles. The van der Waals surface area contributed by atoms with Gasteiger partial charge in [0.15, 0.2) is 16.3 Å². The number of thiazole rings is 1. The molecule has 1 aliphatic heterocycles. The monoisotopic (exact) mass is 410 g/mol. The predicted molar refractivity (Wildman–Crippen MR) is 109 cm³/mol. The number of aromatic nitrogens is 1. The third kappa shape index (κ3) is 3.66. The van der Waals surface area contributed by atoms with Crippen LogP contribution in [0.15, 0.2) is 54.0 Å². The quantitative estimate of drug-likeness (QED) is 0.488. The van der Waals surface area contributed by atoms with Crippen LogP contribution in [0.5, 0.6) is 11.5 Å². The van der Waals surface area contributed by atoms with Gasteiger partial charge in [0.05, 0.1) is 22.9 Å². The lowest BCUT2D eigenvalue weighted by Gasteiger charge is -2.18. The van der Waals surface area contributed by atoms with E-state index in [4.69, 9.17) is 9.47 Å². The fraction of sp³-hybridized carbons (Fsp3) is 0.190. The molecule has 0 saturated carbocycles. The maximum absolute atomic E-state index is 12.7. The van der Waals surface area contributed by atoms with Gasteiger partial charge in [-0.05, 0) is 24.3 Å². The van der Waals surface area contributed by atoms with Crippen LogP contribution in [0.2, 0.25) is 0 Å². The Labute approximate surface area is 170 Å². The van der Waals surface area contributed by atoms with E-state index in [0.717, 1.165) is 10.2 Å². The molecule has 0 radical (unpaired) electrons. The molecule has 7 nitrogen and oxygen atoms in total. The molecule has 4 rings (SSSR count). The summed E-state index contributed by atoms with van der Waals surface area (Å²) in [5, 5.41) is 0. The van der Waals surface area contributed by atoms with E-state index in [1.165, 1.54) is 18.4 Å². The highest BCUT2D eigenvalue weighted by Crippen LogP contribution is 2.35. The second kappa shape index (κ2) is 7.92. The molecule has 0 saturated heterocycles. The molecule has 148 valence electrons. The SMILES string of the molecule is C=CCn1c(=NC(=O)c2ccc(C(=O)OC)cc2)sc2cc3c(cc21)OCCO3. The summed E-state index contributed by atoms with van der Waals surface area (Å²) in [6.07, 6.45) is 1.75. The Hall–Kier alpha value is -3.39. The van der Waals surface area contributed by atoms with Crippen LogP contribution in [0.4, 0.5) is 0 Å². The van der Waals surface area contributed by atoms with Crippen molar-refractivity contribution in [3.05, 3.63) is 65.0 Å². The van der Waals surface area contributed by atoms with Crippen molar-refractivity contribution in [1.29, 1.82) is 0 Å². The molecule has 0 spiro atoms. The van der Waals surface area contributed by atoms with Gasteiger partial charge in [0.2, 0.25) is 0 Å². The van der Waals surface area contributed by atoms with Gasteiger partial charge in [0.25, 0.3) is 5.91 Å². The van der Waals surface area contributed by atoms with E-state index in [1.807, 2.05) is 16.7 Å². The number of benzene rings is 2. The van der Waals surface area contributed by atoms with E-state index in [-0.39, 0.29) is 0 Å². The summed E-state index contributed by atoms with van der Waals surface area (Å²) in [6.45, 7) is 5.30. The molecule has 8 heteroatoms. The van der Waals surface area contributed by atoms with Gasteiger partial charge >= 0.3 is 5.97 Å². The van der Waals surface area contributed by atoms with Gasteiger partial charge in [-0.25, -0.2) is 4.79 Å². The molecule has 29 heavy (non-hydrogen) atoms. The van der Waals surface area contributed by atoms with E-state index in [2.05, 4.69) is 16.3 Å². The highest BCUT2D eigenvalue weighted by Gasteiger charge is 2.17. The average molecular weight is 410 g/mol. The van der Waals surface area contributed by atoms with E-state index in [9.17, 15) is 9.59 Å². The largest absolute Gasteiger partial charge is 0.486 e. The van der Waals surface area contributed by atoms with E-state index >= 15 is 0 Å². The Morgan fingerprint density at radius 3 is 2.48 bits per heavy atom. The Kier molecular flexibility index (Phi) is 5.18. The molecule has 0 unspecified atom stereocenters. The number of esters is 1. The Morgan fingerprint density at radius 2 is 1.83 bits per heavy atom. The normalized spacial score (nSPS) is 13.3. The van der Waals surface area contributed by atoms with Crippen molar-refractivity contribution in [3.8, 4) is 11.5 Å². The first-order chi connectivity index (χ1) is 14.1. The minimum Gasteiger partial charge on any atom is -0.486 e. The molecule has 0 atom stereocenters. The first-order valence-corrected chi connectivity index (χ1v) is 9.73. The summed E-state index contributed by atoms with van der Waals surface area (Å²) in [6, 6.07) is 10.0. The highest BCUT2D eigenvalue weighted by molar-refractivity contribution is 7.16. The van der Waals surface area contributed by atoms with E-state index in [0.29, 0.717) is 47.2 Å². The second-order valence-electron chi connectivity index (χ2n) is 6.23. The summed E-state index contributed by atoms with van der Waals surface area (Å²) in [5.74, 6) is 0.508. The van der Waals surface area contributed by atoms with Crippen molar-refractivity contribution >= 4 is 33.4 Å². The van der Waals surface area contributed by atoms with Crippen molar-refractivity contribution in [2.45, 2.75) is 6.54 Å². The number of hydrogen-bond donors (Lipinski definition) is 0. The van der Waals surface area contributed by atoms with Gasteiger partial charge in [-0.2, -0.15) is 4.99 Å². The highest BCUT2D eigenvalue weighted by atomic mass is 32.1. The van der Waals surface area contributed by atoms with Crippen LogP contribution in [0.3, 0.4) is 0 Å². The van der Waals surface area contributed by atoms with Crippen LogP contribution >= 0.6 is 11.3 Å². The summed E-state index contributed by atoms with van der Waals surface area (Å²) in [4.78, 5) is 29.1. The number of amides is 1. The molecule has 2 aromatic carbocycles. The van der Waals surface area contributed by atoms with Gasteiger partial charge in [0, 0.05) is 24.2 Å². The van der Waals surface area contributed by atoms with Crippen LogP contribution in [0.25, 0.3) is 10.2 Å². The number of rotatable bonds is 4. The molecule has 3 aromatic rings. The van der Waals surface area contributed by atoms with Gasteiger partial charge in [-0.1, -0.05) is 17.4 Å². The smallest absolute Gasteiger partial charge is 0.337 e. The van der Waals surface area contributed by atoms with Crippen LogP contribution in [-0.2, 0) is 11.3 Å². The Balaban J connectivity index is 1.76. The molecular weight excluding hydrogens is 392 g/mol. The molecular formula is C21H18N2O5S. The topological polar surface area (TPSA) is 79.1 Å². The molecule has 0 N–H and O–H groups in total. The Morgan fingerprint density at radius 1 is 1.17 bits per heavy atom. The number of carbonyl (C=O) groups is 2. The number of methoxy groups -OCH3 is 1. The zero-order valence-electron chi connectivity index (χ0n) is 15.7. The second-order valence-corrected chi connectivity index (χ2v) is 7.24. The number of nitrogens with zero attached hydrogens (tertiary/aromatic N) is 2. The lowest BCUT2D eigenvalue weighted by atomic mass is 10.1. The van der Waals surface area contributed by atoms with E-state index in [1.54, 1.807) is 30.3 Å². The van der Waals surface area contributed by atoms with Crippen molar-refractivity contribution in [2.24, 2.45) is 4.99 Å². The summed E-state index contributed by atoms with van der Waals surface area (Å²) >= 11 is 1.39. The minimum absolute atomic E-state index is 0.373. The van der Waals surface area contributed by atoms with Gasteiger partial charge in [-0.3, -0.25) is 4.79 Å². The lowest BCUT2D eigenvalue weighted by Crippen LogP contribution is -2.17. The zero-order valence-corrected chi connectivity index (χ0v) is 16.5. The standard InChI is InChI=1S/C21H18N2O5S/c1-3-8-23-15-11-16-17(28-10-9-27-16)12-18(15)29-21(23)22-19(24)13-4-6-14(7-5-13)20(25)26-2/h3-7,11-12H,1,8-10H2,2H3. The van der Waals surface area contributed by atoms with Crippen LogP contribution < -0.4 is 14.3 Å². The molecule has 1 amide bonds. The zero-order chi connectivity index (χ0) is 20.4. The number of fused-ring (bicyclic) bond motifs is 2. The molecule has 0 fully saturated rings. The first-order valence-electron chi connectivity index (χ1n) is 8.92. The average Bonchev–Trinajstić information content (AvgIpc) is 3.07. The third-order valence-corrected chi connectivity index (χ3v) is 5.45. The van der Waals surface area contributed by atoms with Crippen molar-refractivity contribution in [3.63, 3.8) is 0 Å². The number of hydrogen-bond acceptors (Lipinski definition) is 6. The number of ether oxygens (including phenoxy) is 3. The predicted octanol–water partition coefficient (Wildman–Crippen LogP) is 3.19. The van der Waals surface area contributed by atoms with Crippen LogP contribution in [0, 0.1) is 0 Å². The van der Waals surface area contributed by atoms with E-state index < -0.39 is 11.9 Å². The van der Waals surface area contributed by atoms with Crippen molar-refractivity contribution < 1.29 is 23.8 Å². The van der Waals surface area contributed by atoms with Crippen molar-refractivity contribution in [2.75, 3.05) is 20.3 Å². The van der Waals surface area contributed by atoms with Gasteiger partial charge in [-0.15, -0.1) is 6.58 Å². The Bertz CT molecular complexity index is 1170. The fourth-order valence-corrected chi connectivity index (χ4v) is 4.06. The molecule has 0 aliphatic carbocycles. The maximum Gasteiger partial charge on any atom is 0.337 e. The van der Waals surface area contributed by atoms with Crippen molar-refractivity contribution in [1.82, 2.24) is 4.57 Å². The number of allylic oxidation sites excluding steroid dienone is 1. The molecule has 1 aromatic heterocycles. The van der Waals surface area contributed by atoms with Gasteiger partial charge in [0.1, 0.15) is 13.2 Å². The van der Waals surface area contributed by atoms with Crippen LogP contribution in [-0.4, -0.2) is 36.8 Å². The molecule has 0 bridgehead atoms. The third-order valence-electron chi connectivity index (χ3n) is 4.41. The number of carbonyl (C=O) groups excluding carboxylic acids is 2.